The number of aryl methyl sites for hydroxylation is 1. The monoisotopic (exact) mass is 321 g/mol. The second-order valence-electron chi connectivity index (χ2n) is 4.72. The second-order valence-corrected chi connectivity index (χ2v) is 5.63. The summed E-state index contributed by atoms with van der Waals surface area (Å²) < 4.78 is 3.09. The smallest absolute Gasteiger partial charge is 0.0660 e. The lowest BCUT2D eigenvalue weighted by molar-refractivity contribution is 0.670. The number of halogens is 1. The van der Waals surface area contributed by atoms with Crippen molar-refractivity contribution in [2.24, 2.45) is 0 Å². The predicted molar refractivity (Wildman–Crippen MR) is 82.7 cm³/mol. The third kappa shape index (κ3) is 3.25. The van der Waals surface area contributed by atoms with E-state index in [0.29, 0.717) is 0 Å². The number of hydrogen-bond donors (Lipinski definition) is 1. The topological polar surface area (TPSA) is 29.9 Å². The summed E-state index contributed by atoms with van der Waals surface area (Å²) in [5, 5.41) is 8.10. The molecule has 0 aliphatic carbocycles. The largest absolute Gasteiger partial charge is 0.313 e. The van der Waals surface area contributed by atoms with Gasteiger partial charge in [-0.15, -0.1) is 0 Å². The molecule has 2 rings (SSSR count). The number of nitrogens with zero attached hydrogens (tertiary/aromatic N) is 2. The molecule has 0 fully saturated rings. The maximum atomic E-state index is 4.66. The molecular formula is C15H20BrN3. The zero-order chi connectivity index (χ0) is 13.8. The summed E-state index contributed by atoms with van der Waals surface area (Å²) in [7, 11) is 0. The SMILES string of the molecule is CCCNCc1c(C)nn(-c2cccc(Br)c2)c1C. The van der Waals surface area contributed by atoms with E-state index in [-0.39, 0.29) is 0 Å². The molecule has 102 valence electrons. The number of nitrogens with one attached hydrogen (secondary N) is 1. The fourth-order valence-corrected chi connectivity index (χ4v) is 2.57. The van der Waals surface area contributed by atoms with Gasteiger partial charge in [0.15, 0.2) is 0 Å². The zero-order valence-electron chi connectivity index (χ0n) is 11.7. The van der Waals surface area contributed by atoms with Gasteiger partial charge in [0.1, 0.15) is 0 Å². The fraction of sp³-hybridized carbons (Fsp3) is 0.400. The Balaban J connectivity index is 2.30. The number of rotatable bonds is 5. The van der Waals surface area contributed by atoms with Gasteiger partial charge in [0, 0.05) is 22.3 Å². The third-order valence-corrected chi connectivity index (χ3v) is 3.72. The van der Waals surface area contributed by atoms with Gasteiger partial charge >= 0.3 is 0 Å². The lowest BCUT2D eigenvalue weighted by Gasteiger charge is -2.06. The van der Waals surface area contributed by atoms with E-state index < -0.39 is 0 Å². The maximum Gasteiger partial charge on any atom is 0.0660 e. The average Bonchev–Trinajstić information content (AvgIpc) is 2.67. The van der Waals surface area contributed by atoms with Crippen LogP contribution >= 0.6 is 15.9 Å². The first-order valence-corrected chi connectivity index (χ1v) is 7.44. The molecule has 0 unspecified atom stereocenters. The highest BCUT2D eigenvalue weighted by Gasteiger charge is 2.12. The van der Waals surface area contributed by atoms with Gasteiger partial charge in [-0.2, -0.15) is 5.10 Å². The number of benzene rings is 1. The summed E-state index contributed by atoms with van der Waals surface area (Å²) in [5.41, 5.74) is 4.70. The molecular weight excluding hydrogens is 302 g/mol. The van der Waals surface area contributed by atoms with Crippen LogP contribution in [0.4, 0.5) is 0 Å². The molecule has 0 aliphatic heterocycles. The number of aromatic nitrogens is 2. The third-order valence-electron chi connectivity index (χ3n) is 3.22. The molecule has 0 amide bonds. The van der Waals surface area contributed by atoms with Crippen LogP contribution in [0.15, 0.2) is 28.7 Å². The Morgan fingerprint density at radius 3 is 2.79 bits per heavy atom. The molecule has 1 heterocycles. The van der Waals surface area contributed by atoms with Crippen LogP contribution in [-0.4, -0.2) is 16.3 Å². The number of hydrogen-bond acceptors (Lipinski definition) is 2. The minimum absolute atomic E-state index is 0.888. The molecule has 0 bridgehead atoms. The van der Waals surface area contributed by atoms with E-state index in [0.717, 1.165) is 35.4 Å². The summed E-state index contributed by atoms with van der Waals surface area (Å²) in [4.78, 5) is 0. The summed E-state index contributed by atoms with van der Waals surface area (Å²) >= 11 is 3.51. The van der Waals surface area contributed by atoms with Crippen molar-refractivity contribution in [3.63, 3.8) is 0 Å². The van der Waals surface area contributed by atoms with Crippen LogP contribution in [0, 0.1) is 13.8 Å². The van der Waals surface area contributed by atoms with Crippen molar-refractivity contribution in [2.75, 3.05) is 6.54 Å². The molecule has 0 saturated carbocycles. The molecule has 1 aromatic heterocycles. The summed E-state index contributed by atoms with van der Waals surface area (Å²) in [6.45, 7) is 8.31. The van der Waals surface area contributed by atoms with Crippen molar-refractivity contribution < 1.29 is 0 Å². The van der Waals surface area contributed by atoms with Crippen LogP contribution in [0.25, 0.3) is 5.69 Å². The first-order valence-electron chi connectivity index (χ1n) is 6.65. The molecule has 0 radical (unpaired) electrons. The summed E-state index contributed by atoms with van der Waals surface area (Å²) in [6.07, 6.45) is 1.15. The standard InChI is InChI=1S/C15H20BrN3/c1-4-8-17-10-15-11(2)18-19(12(15)3)14-7-5-6-13(16)9-14/h5-7,9,17H,4,8,10H2,1-3H3. The van der Waals surface area contributed by atoms with Gasteiger partial charge in [0.25, 0.3) is 0 Å². The molecule has 19 heavy (non-hydrogen) atoms. The molecule has 2 aromatic rings. The highest BCUT2D eigenvalue weighted by molar-refractivity contribution is 9.10. The van der Waals surface area contributed by atoms with E-state index in [4.69, 9.17) is 0 Å². The minimum Gasteiger partial charge on any atom is -0.313 e. The first kappa shape index (κ1) is 14.3. The first-order chi connectivity index (χ1) is 9.13. The van der Waals surface area contributed by atoms with Crippen LogP contribution in [0.3, 0.4) is 0 Å². The second kappa shape index (κ2) is 6.35. The van der Waals surface area contributed by atoms with Gasteiger partial charge < -0.3 is 5.32 Å². The highest BCUT2D eigenvalue weighted by Crippen LogP contribution is 2.20. The Labute approximate surface area is 123 Å². The molecule has 4 heteroatoms. The molecule has 0 aliphatic rings. The fourth-order valence-electron chi connectivity index (χ4n) is 2.18. The Morgan fingerprint density at radius 1 is 1.32 bits per heavy atom. The Bertz CT molecular complexity index is 561. The van der Waals surface area contributed by atoms with Gasteiger partial charge in [0.05, 0.1) is 11.4 Å². The quantitative estimate of drug-likeness (QED) is 0.850. The average molecular weight is 322 g/mol. The molecule has 0 spiro atoms. The van der Waals surface area contributed by atoms with Crippen molar-refractivity contribution in [1.29, 1.82) is 0 Å². The molecule has 3 nitrogen and oxygen atoms in total. The van der Waals surface area contributed by atoms with Gasteiger partial charge in [-0.25, -0.2) is 4.68 Å². The van der Waals surface area contributed by atoms with Crippen LogP contribution in [-0.2, 0) is 6.54 Å². The van der Waals surface area contributed by atoms with Crippen molar-refractivity contribution in [3.05, 3.63) is 45.7 Å². The van der Waals surface area contributed by atoms with E-state index >= 15 is 0 Å². The van der Waals surface area contributed by atoms with E-state index in [1.807, 2.05) is 16.8 Å². The molecule has 1 aromatic carbocycles. The van der Waals surface area contributed by atoms with Crippen LogP contribution in [0.1, 0.15) is 30.3 Å². The predicted octanol–water partition coefficient (Wildman–Crippen LogP) is 3.75. The Morgan fingerprint density at radius 2 is 2.11 bits per heavy atom. The zero-order valence-corrected chi connectivity index (χ0v) is 13.3. The van der Waals surface area contributed by atoms with Crippen LogP contribution in [0.2, 0.25) is 0 Å². The summed E-state index contributed by atoms with van der Waals surface area (Å²) in [5.74, 6) is 0. The minimum atomic E-state index is 0.888. The Kier molecular flexibility index (Phi) is 4.77. The highest BCUT2D eigenvalue weighted by atomic mass is 79.9. The van der Waals surface area contributed by atoms with Gasteiger partial charge in [-0.05, 0) is 45.0 Å². The Hall–Kier alpha value is -1.13. The lowest BCUT2D eigenvalue weighted by Crippen LogP contribution is -2.15. The lowest BCUT2D eigenvalue weighted by atomic mass is 10.2. The van der Waals surface area contributed by atoms with Crippen molar-refractivity contribution in [1.82, 2.24) is 15.1 Å². The van der Waals surface area contributed by atoms with E-state index in [1.54, 1.807) is 0 Å². The van der Waals surface area contributed by atoms with Gasteiger partial charge in [-0.3, -0.25) is 0 Å². The van der Waals surface area contributed by atoms with E-state index in [1.165, 1.54) is 11.3 Å². The van der Waals surface area contributed by atoms with Crippen molar-refractivity contribution >= 4 is 15.9 Å². The maximum absolute atomic E-state index is 4.66. The van der Waals surface area contributed by atoms with E-state index in [9.17, 15) is 0 Å². The van der Waals surface area contributed by atoms with Crippen molar-refractivity contribution in [2.45, 2.75) is 33.7 Å². The van der Waals surface area contributed by atoms with Crippen molar-refractivity contribution in [3.8, 4) is 5.69 Å². The van der Waals surface area contributed by atoms with Crippen LogP contribution in [0.5, 0.6) is 0 Å². The summed E-state index contributed by atoms with van der Waals surface area (Å²) in [6, 6.07) is 8.22. The van der Waals surface area contributed by atoms with E-state index in [2.05, 4.69) is 59.2 Å². The van der Waals surface area contributed by atoms with Gasteiger partial charge in [-0.1, -0.05) is 28.9 Å². The normalized spacial score (nSPS) is 10.9. The molecule has 0 saturated heterocycles. The van der Waals surface area contributed by atoms with Gasteiger partial charge in [0.2, 0.25) is 0 Å². The molecule has 1 N–H and O–H groups in total. The van der Waals surface area contributed by atoms with Crippen LogP contribution < -0.4 is 5.32 Å². The molecule has 0 atom stereocenters.